The third-order valence-electron chi connectivity index (χ3n) is 4.25. The molecule has 0 saturated carbocycles. The van der Waals surface area contributed by atoms with Crippen LogP contribution in [0.15, 0.2) is 71.2 Å². The Balaban J connectivity index is 2.07. The van der Waals surface area contributed by atoms with Gasteiger partial charge in [0.25, 0.3) is 5.91 Å². The third kappa shape index (κ3) is 2.86. The van der Waals surface area contributed by atoms with Crippen LogP contribution in [0.5, 0.6) is 11.5 Å². The largest absolute Gasteiger partial charge is 0.508 e. The Bertz CT molecular complexity index is 1020. The summed E-state index contributed by atoms with van der Waals surface area (Å²) >= 11 is 3.46. The molecular formula is C21H14BrNO3. The molecule has 1 aliphatic heterocycles. The molecule has 1 heterocycles. The Kier molecular flexibility index (Phi) is 4.01. The van der Waals surface area contributed by atoms with Crippen molar-refractivity contribution in [2.75, 3.05) is 5.32 Å². The molecule has 26 heavy (non-hydrogen) atoms. The molecule has 3 aromatic carbocycles. The highest BCUT2D eigenvalue weighted by Crippen LogP contribution is 2.41. The van der Waals surface area contributed by atoms with Crippen LogP contribution in [0.3, 0.4) is 0 Å². The fourth-order valence-electron chi connectivity index (χ4n) is 3.17. The molecule has 5 heteroatoms. The Morgan fingerprint density at radius 3 is 2.04 bits per heavy atom. The average molecular weight is 408 g/mol. The van der Waals surface area contributed by atoms with E-state index < -0.39 is 0 Å². The van der Waals surface area contributed by atoms with E-state index >= 15 is 0 Å². The van der Waals surface area contributed by atoms with E-state index in [-0.39, 0.29) is 17.4 Å². The van der Waals surface area contributed by atoms with Crippen LogP contribution >= 0.6 is 15.9 Å². The van der Waals surface area contributed by atoms with Gasteiger partial charge in [0, 0.05) is 21.3 Å². The van der Waals surface area contributed by atoms with Crippen LogP contribution < -0.4 is 5.32 Å². The molecule has 0 bridgehead atoms. The zero-order valence-electron chi connectivity index (χ0n) is 13.5. The van der Waals surface area contributed by atoms with Crippen molar-refractivity contribution in [2.45, 2.75) is 0 Å². The van der Waals surface area contributed by atoms with Gasteiger partial charge in [0.1, 0.15) is 11.5 Å². The van der Waals surface area contributed by atoms with Crippen LogP contribution in [0.25, 0.3) is 11.1 Å². The number of hydrogen-bond donors (Lipinski definition) is 3. The summed E-state index contributed by atoms with van der Waals surface area (Å²) in [7, 11) is 0. The summed E-state index contributed by atoms with van der Waals surface area (Å²) in [6.45, 7) is 0. The molecule has 0 spiro atoms. The van der Waals surface area contributed by atoms with Crippen LogP contribution in [0.1, 0.15) is 16.7 Å². The summed E-state index contributed by atoms with van der Waals surface area (Å²) < 4.78 is 0.858. The highest BCUT2D eigenvalue weighted by molar-refractivity contribution is 9.10. The first-order valence-corrected chi connectivity index (χ1v) is 8.76. The SMILES string of the molecule is O=C1Nc2ccc(Br)cc2C1=C(c1cccc(O)c1)c1cccc(O)c1. The zero-order chi connectivity index (χ0) is 18.3. The van der Waals surface area contributed by atoms with E-state index in [0.717, 1.165) is 15.7 Å². The van der Waals surface area contributed by atoms with Crippen LogP contribution in [0, 0.1) is 0 Å². The second-order valence-corrected chi connectivity index (χ2v) is 6.91. The molecule has 0 aromatic heterocycles. The number of halogens is 1. The Labute approximate surface area is 158 Å². The number of anilines is 1. The lowest BCUT2D eigenvalue weighted by atomic mass is 9.90. The van der Waals surface area contributed by atoms with Crippen molar-refractivity contribution in [3.8, 4) is 11.5 Å². The fraction of sp³-hybridized carbons (Fsp3) is 0. The predicted molar refractivity (Wildman–Crippen MR) is 105 cm³/mol. The number of fused-ring (bicyclic) bond motifs is 1. The van der Waals surface area contributed by atoms with Crippen molar-refractivity contribution in [2.24, 2.45) is 0 Å². The average Bonchev–Trinajstić information content (AvgIpc) is 2.91. The molecule has 4 nitrogen and oxygen atoms in total. The molecule has 1 aliphatic rings. The first kappa shape index (κ1) is 16.4. The predicted octanol–water partition coefficient (Wildman–Crippen LogP) is 4.77. The quantitative estimate of drug-likeness (QED) is 0.535. The highest BCUT2D eigenvalue weighted by Gasteiger charge is 2.29. The fourth-order valence-corrected chi connectivity index (χ4v) is 3.53. The van der Waals surface area contributed by atoms with E-state index in [1.807, 2.05) is 30.3 Å². The highest BCUT2D eigenvalue weighted by atomic mass is 79.9. The minimum Gasteiger partial charge on any atom is -0.508 e. The normalized spacial score (nSPS) is 12.7. The van der Waals surface area contributed by atoms with E-state index in [2.05, 4.69) is 21.2 Å². The number of phenols is 2. The van der Waals surface area contributed by atoms with Gasteiger partial charge < -0.3 is 15.5 Å². The minimum absolute atomic E-state index is 0.105. The number of aromatic hydroxyl groups is 2. The van der Waals surface area contributed by atoms with Crippen LogP contribution in [-0.4, -0.2) is 16.1 Å². The van der Waals surface area contributed by atoms with Gasteiger partial charge in [-0.25, -0.2) is 0 Å². The monoisotopic (exact) mass is 407 g/mol. The molecule has 0 aliphatic carbocycles. The smallest absolute Gasteiger partial charge is 0.257 e. The number of amides is 1. The van der Waals surface area contributed by atoms with Gasteiger partial charge >= 0.3 is 0 Å². The van der Waals surface area contributed by atoms with E-state index in [9.17, 15) is 15.0 Å². The molecule has 0 saturated heterocycles. The number of phenolic OH excluding ortho intramolecular Hbond substituents is 2. The van der Waals surface area contributed by atoms with Crippen molar-refractivity contribution >= 4 is 38.7 Å². The number of benzene rings is 3. The molecule has 0 fully saturated rings. The number of nitrogens with one attached hydrogen (secondary N) is 1. The molecule has 3 aromatic rings. The molecule has 0 atom stereocenters. The summed E-state index contributed by atoms with van der Waals surface area (Å²) in [4.78, 5) is 12.8. The third-order valence-corrected chi connectivity index (χ3v) is 4.74. The number of carbonyl (C=O) groups is 1. The van der Waals surface area contributed by atoms with Gasteiger partial charge in [-0.15, -0.1) is 0 Å². The van der Waals surface area contributed by atoms with Gasteiger partial charge in [0.05, 0.1) is 5.57 Å². The summed E-state index contributed by atoms with van der Waals surface area (Å²) in [5, 5.41) is 22.7. The molecule has 4 rings (SSSR count). The Morgan fingerprint density at radius 2 is 1.46 bits per heavy atom. The van der Waals surface area contributed by atoms with Crippen molar-refractivity contribution in [3.05, 3.63) is 87.9 Å². The minimum atomic E-state index is -0.222. The molecule has 0 radical (unpaired) electrons. The molecule has 0 unspecified atom stereocenters. The van der Waals surface area contributed by atoms with E-state index in [1.165, 1.54) is 0 Å². The maximum atomic E-state index is 12.8. The lowest BCUT2D eigenvalue weighted by molar-refractivity contribution is -0.110. The van der Waals surface area contributed by atoms with Gasteiger partial charge in [-0.2, -0.15) is 0 Å². The topological polar surface area (TPSA) is 69.6 Å². The van der Waals surface area contributed by atoms with Crippen molar-refractivity contribution in [1.82, 2.24) is 0 Å². The zero-order valence-corrected chi connectivity index (χ0v) is 15.1. The van der Waals surface area contributed by atoms with E-state index in [1.54, 1.807) is 36.4 Å². The first-order chi connectivity index (χ1) is 12.5. The van der Waals surface area contributed by atoms with Gasteiger partial charge in [-0.3, -0.25) is 4.79 Å². The maximum absolute atomic E-state index is 12.8. The van der Waals surface area contributed by atoms with Crippen molar-refractivity contribution < 1.29 is 15.0 Å². The van der Waals surface area contributed by atoms with Gasteiger partial charge in [0.15, 0.2) is 0 Å². The lowest BCUT2D eigenvalue weighted by Crippen LogP contribution is -2.06. The Hall–Kier alpha value is -3.05. The first-order valence-electron chi connectivity index (χ1n) is 7.97. The molecular weight excluding hydrogens is 394 g/mol. The van der Waals surface area contributed by atoms with Gasteiger partial charge in [-0.05, 0) is 53.6 Å². The van der Waals surface area contributed by atoms with Crippen LogP contribution in [0.2, 0.25) is 0 Å². The summed E-state index contributed by atoms with van der Waals surface area (Å²) in [6.07, 6.45) is 0. The van der Waals surface area contributed by atoms with Crippen LogP contribution in [-0.2, 0) is 4.79 Å². The van der Waals surface area contributed by atoms with Crippen molar-refractivity contribution in [3.63, 3.8) is 0 Å². The lowest BCUT2D eigenvalue weighted by Gasteiger charge is -2.13. The number of rotatable bonds is 2. The number of carbonyl (C=O) groups excluding carboxylic acids is 1. The maximum Gasteiger partial charge on any atom is 0.257 e. The van der Waals surface area contributed by atoms with Crippen LogP contribution in [0.4, 0.5) is 5.69 Å². The molecule has 128 valence electrons. The van der Waals surface area contributed by atoms with Gasteiger partial charge in [-0.1, -0.05) is 40.2 Å². The Morgan fingerprint density at radius 1 is 0.846 bits per heavy atom. The summed E-state index contributed by atoms with van der Waals surface area (Å²) in [6, 6.07) is 19.1. The summed E-state index contributed by atoms with van der Waals surface area (Å²) in [5.41, 5.74) is 4.02. The molecule has 1 amide bonds. The standard InChI is InChI=1S/C21H14BrNO3/c22-14-7-8-18-17(11-14)20(21(26)23-18)19(12-3-1-5-15(24)9-12)13-4-2-6-16(25)10-13/h1-11,24-25H,(H,23,26). The molecule has 3 N–H and O–H groups in total. The number of hydrogen-bond acceptors (Lipinski definition) is 3. The van der Waals surface area contributed by atoms with E-state index in [0.29, 0.717) is 22.3 Å². The second-order valence-electron chi connectivity index (χ2n) is 5.99. The van der Waals surface area contributed by atoms with Gasteiger partial charge in [0.2, 0.25) is 0 Å². The van der Waals surface area contributed by atoms with Crippen molar-refractivity contribution in [1.29, 1.82) is 0 Å². The summed E-state index contributed by atoms with van der Waals surface area (Å²) in [5.74, 6) is -0.0120. The second kappa shape index (κ2) is 6.35. The van der Waals surface area contributed by atoms with E-state index in [4.69, 9.17) is 0 Å².